The van der Waals surface area contributed by atoms with E-state index < -0.39 is 41.3 Å². The molecule has 1 N–H and O–H groups in total. The van der Waals surface area contributed by atoms with Crippen molar-refractivity contribution in [2.75, 3.05) is 0 Å². The number of halogens is 1. The summed E-state index contributed by atoms with van der Waals surface area (Å²) in [5.74, 6) is -2.83. The number of amides is 3. The van der Waals surface area contributed by atoms with Gasteiger partial charge in [-0.2, -0.15) is 0 Å². The molecule has 1 atom stereocenters. The van der Waals surface area contributed by atoms with Crippen molar-refractivity contribution >= 4 is 23.9 Å². The molecular formula is C18H21FN2O6. The Morgan fingerprint density at radius 1 is 1.22 bits per heavy atom. The molecule has 0 aromatic heterocycles. The van der Waals surface area contributed by atoms with Crippen LogP contribution in [0.2, 0.25) is 0 Å². The Morgan fingerprint density at radius 2 is 1.85 bits per heavy atom. The Balaban J connectivity index is 2.14. The van der Waals surface area contributed by atoms with Crippen LogP contribution in [0.25, 0.3) is 0 Å². The van der Waals surface area contributed by atoms with Crippen LogP contribution in [0.1, 0.15) is 39.2 Å². The number of hydrogen-bond acceptors (Lipinski definition) is 6. The summed E-state index contributed by atoms with van der Waals surface area (Å²) in [6.07, 6.45) is -1.12. The lowest BCUT2D eigenvalue weighted by Crippen LogP contribution is -2.48. The van der Waals surface area contributed by atoms with Gasteiger partial charge < -0.3 is 14.9 Å². The number of nitrogens with zero attached hydrogens (tertiary/aromatic N) is 1. The van der Waals surface area contributed by atoms with Crippen LogP contribution >= 0.6 is 0 Å². The number of imide groups is 1. The van der Waals surface area contributed by atoms with Crippen LogP contribution in [0.5, 0.6) is 0 Å². The fourth-order valence-electron chi connectivity index (χ4n) is 2.35. The monoisotopic (exact) mass is 380 g/mol. The Labute approximate surface area is 155 Å². The third-order valence-corrected chi connectivity index (χ3v) is 3.49. The molecule has 0 unspecified atom stereocenters. The maximum absolute atomic E-state index is 13.4. The first-order valence-corrected chi connectivity index (χ1v) is 8.37. The molecule has 1 aromatic rings. The summed E-state index contributed by atoms with van der Waals surface area (Å²) in [5, 5.41) is 2.72. The Bertz CT molecular complexity index is 742. The van der Waals surface area contributed by atoms with E-state index in [4.69, 9.17) is 9.57 Å². The van der Waals surface area contributed by atoms with Gasteiger partial charge >= 0.3 is 12.1 Å². The highest BCUT2D eigenvalue weighted by Gasteiger charge is 2.35. The molecule has 9 heteroatoms. The number of hydrogen-bond donors (Lipinski definition) is 1. The average Bonchev–Trinajstić information content (AvgIpc) is 2.84. The summed E-state index contributed by atoms with van der Waals surface area (Å²) >= 11 is 0. The van der Waals surface area contributed by atoms with E-state index in [0.29, 0.717) is 10.6 Å². The lowest BCUT2D eigenvalue weighted by molar-refractivity contribution is -0.198. The molecule has 1 heterocycles. The normalized spacial score (nSPS) is 15.5. The maximum Gasteiger partial charge on any atom is 0.408 e. The minimum atomic E-state index is -1.29. The minimum absolute atomic E-state index is 0.0554. The molecule has 0 spiro atoms. The molecule has 1 aromatic carbocycles. The second kappa shape index (κ2) is 8.15. The number of carbonyl (C=O) groups excluding carboxylic acids is 4. The largest absolute Gasteiger partial charge is 0.444 e. The van der Waals surface area contributed by atoms with Crippen LogP contribution in [0.15, 0.2) is 24.3 Å². The maximum atomic E-state index is 13.4. The van der Waals surface area contributed by atoms with Crippen molar-refractivity contribution in [2.24, 2.45) is 0 Å². The van der Waals surface area contributed by atoms with Gasteiger partial charge in [-0.15, -0.1) is 5.06 Å². The second-order valence-electron chi connectivity index (χ2n) is 7.03. The number of hydroxylamine groups is 2. The molecule has 27 heavy (non-hydrogen) atoms. The van der Waals surface area contributed by atoms with Crippen LogP contribution in [0.4, 0.5) is 9.18 Å². The Morgan fingerprint density at radius 3 is 2.41 bits per heavy atom. The van der Waals surface area contributed by atoms with Crippen molar-refractivity contribution < 1.29 is 33.1 Å². The molecular weight excluding hydrogens is 359 g/mol. The summed E-state index contributed by atoms with van der Waals surface area (Å²) in [7, 11) is 0. The van der Waals surface area contributed by atoms with E-state index in [1.807, 2.05) is 0 Å². The Hall–Kier alpha value is -2.97. The predicted octanol–water partition coefficient (Wildman–Crippen LogP) is 1.87. The SMILES string of the molecule is CC(C)(C)OC(=O)N[C@@H](Cc1cccc(F)c1)C(=O)ON1C(=O)CCC1=O. The van der Waals surface area contributed by atoms with Gasteiger partial charge in [-0.05, 0) is 38.5 Å². The molecule has 8 nitrogen and oxygen atoms in total. The predicted molar refractivity (Wildman–Crippen MR) is 90.4 cm³/mol. The number of carbonyl (C=O) groups is 4. The minimum Gasteiger partial charge on any atom is -0.444 e. The van der Waals surface area contributed by atoms with E-state index in [-0.39, 0.29) is 19.3 Å². The van der Waals surface area contributed by atoms with E-state index in [1.165, 1.54) is 18.2 Å². The highest BCUT2D eigenvalue weighted by Crippen LogP contribution is 2.15. The van der Waals surface area contributed by atoms with Gasteiger partial charge in [0, 0.05) is 19.3 Å². The van der Waals surface area contributed by atoms with Gasteiger partial charge in [0.1, 0.15) is 17.5 Å². The molecule has 1 aliphatic heterocycles. The third kappa shape index (κ3) is 6.05. The van der Waals surface area contributed by atoms with Crippen molar-refractivity contribution in [1.82, 2.24) is 10.4 Å². The average molecular weight is 380 g/mol. The fourth-order valence-corrected chi connectivity index (χ4v) is 2.35. The first-order chi connectivity index (χ1) is 12.5. The topological polar surface area (TPSA) is 102 Å². The van der Waals surface area contributed by atoms with Crippen molar-refractivity contribution in [1.29, 1.82) is 0 Å². The fraction of sp³-hybridized carbons (Fsp3) is 0.444. The molecule has 3 amide bonds. The molecule has 0 saturated carbocycles. The molecule has 1 aliphatic rings. The third-order valence-electron chi connectivity index (χ3n) is 3.49. The first-order valence-electron chi connectivity index (χ1n) is 8.37. The van der Waals surface area contributed by atoms with Gasteiger partial charge in [0.2, 0.25) is 0 Å². The lowest BCUT2D eigenvalue weighted by Gasteiger charge is -2.23. The van der Waals surface area contributed by atoms with Crippen molar-refractivity contribution in [3.63, 3.8) is 0 Å². The molecule has 146 valence electrons. The van der Waals surface area contributed by atoms with Crippen LogP contribution in [0.3, 0.4) is 0 Å². The summed E-state index contributed by atoms with van der Waals surface area (Å²) in [6.45, 7) is 4.94. The molecule has 0 aliphatic carbocycles. The van der Waals surface area contributed by atoms with Gasteiger partial charge in [0.05, 0.1) is 0 Å². The van der Waals surface area contributed by atoms with E-state index >= 15 is 0 Å². The molecule has 0 radical (unpaired) electrons. The molecule has 1 fully saturated rings. The van der Waals surface area contributed by atoms with Gasteiger partial charge in [-0.25, -0.2) is 14.0 Å². The number of nitrogens with one attached hydrogen (secondary N) is 1. The lowest BCUT2D eigenvalue weighted by atomic mass is 10.1. The smallest absolute Gasteiger partial charge is 0.408 e. The zero-order valence-electron chi connectivity index (χ0n) is 15.3. The van der Waals surface area contributed by atoms with Crippen LogP contribution in [-0.4, -0.2) is 40.6 Å². The van der Waals surface area contributed by atoms with Crippen LogP contribution < -0.4 is 5.32 Å². The number of ether oxygens (including phenoxy) is 1. The van der Waals surface area contributed by atoms with Crippen molar-refractivity contribution in [3.05, 3.63) is 35.6 Å². The molecule has 0 bridgehead atoms. The van der Waals surface area contributed by atoms with Crippen molar-refractivity contribution in [2.45, 2.75) is 51.7 Å². The Kier molecular flexibility index (Phi) is 6.14. The summed E-state index contributed by atoms with van der Waals surface area (Å²) in [6, 6.07) is 4.16. The summed E-state index contributed by atoms with van der Waals surface area (Å²) in [4.78, 5) is 52.6. The van der Waals surface area contributed by atoms with Gasteiger partial charge in [0.15, 0.2) is 0 Å². The van der Waals surface area contributed by atoms with E-state index in [9.17, 15) is 23.6 Å². The van der Waals surface area contributed by atoms with Crippen LogP contribution in [0, 0.1) is 5.82 Å². The zero-order chi connectivity index (χ0) is 20.2. The number of rotatable bonds is 5. The standard InChI is InChI=1S/C18H21FN2O6/c1-18(2,3)26-17(25)20-13(10-11-5-4-6-12(19)9-11)16(24)27-21-14(22)7-8-15(21)23/h4-6,9,13H,7-8,10H2,1-3H3,(H,20,25)/t13-/m0/s1. The number of alkyl carbamates (subject to hydrolysis) is 1. The number of benzene rings is 1. The van der Waals surface area contributed by atoms with E-state index in [1.54, 1.807) is 26.8 Å². The highest BCUT2D eigenvalue weighted by atomic mass is 19.1. The zero-order valence-corrected chi connectivity index (χ0v) is 15.3. The molecule has 1 saturated heterocycles. The van der Waals surface area contributed by atoms with Gasteiger partial charge in [-0.3, -0.25) is 9.59 Å². The van der Waals surface area contributed by atoms with E-state index in [0.717, 1.165) is 0 Å². The summed E-state index contributed by atoms with van der Waals surface area (Å²) < 4.78 is 18.5. The van der Waals surface area contributed by atoms with Gasteiger partial charge in [-0.1, -0.05) is 12.1 Å². The van der Waals surface area contributed by atoms with E-state index in [2.05, 4.69) is 5.32 Å². The second-order valence-corrected chi connectivity index (χ2v) is 7.03. The summed E-state index contributed by atoms with van der Waals surface area (Å²) in [5.41, 5.74) is -0.398. The first kappa shape index (κ1) is 20.3. The highest BCUT2D eigenvalue weighted by molar-refractivity contribution is 6.01. The van der Waals surface area contributed by atoms with Gasteiger partial charge in [0.25, 0.3) is 11.8 Å². The molecule has 2 rings (SSSR count). The van der Waals surface area contributed by atoms with Crippen molar-refractivity contribution in [3.8, 4) is 0 Å². The van der Waals surface area contributed by atoms with Crippen LogP contribution in [-0.2, 0) is 30.4 Å². The quantitative estimate of drug-likeness (QED) is 0.783.